The number of carbonyl (C=O) groups is 3. The summed E-state index contributed by atoms with van der Waals surface area (Å²) in [6.07, 6.45) is 2.11. The number of amides is 4. The molecular formula is C24H26BrN3O5. The smallest absolute Gasteiger partial charge is 0.332 e. The van der Waals surface area contributed by atoms with Gasteiger partial charge in [0.2, 0.25) is 11.8 Å². The summed E-state index contributed by atoms with van der Waals surface area (Å²) in [5.41, 5.74) is 1.03. The molecule has 174 valence electrons. The maximum absolute atomic E-state index is 13.4. The lowest BCUT2D eigenvalue weighted by Crippen LogP contribution is -2.64. The number of benzene rings is 2. The third-order valence-corrected chi connectivity index (χ3v) is 6.95. The number of hydrogen-bond acceptors (Lipinski definition) is 5. The van der Waals surface area contributed by atoms with Crippen molar-refractivity contribution in [3.8, 4) is 11.5 Å². The first kappa shape index (κ1) is 23.1. The van der Waals surface area contributed by atoms with Gasteiger partial charge in [0.25, 0.3) is 0 Å². The molecule has 3 atom stereocenters. The largest absolute Gasteiger partial charge is 0.493 e. The minimum absolute atomic E-state index is 0.155. The summed E-state index contributed by atoms with van der Waals surface area (Å²) in [6.45, 7) is -0.155. The molecule has 2 aliphatic rings. The summed E-state index contributed by atoms with van der Waals surface area (Å²) in [5.74, 6) is 0.110. The highest BCUT2D eigenvalue weighted by molar-refractivity contribution is 9.09. The summed E-state index contributed by atoms with van der Waals surface area (Å²) in [4.78, 5) is 42.6. The SMILES string of the molecule is COc1ccc(NC(=O)CN2C(=O)N(c3ccccc3)C(=O)C3CC(Br)CCC32)cc1OC. The van der Waals surface area contributed by atoms with E-state index in [4.69, 9.17) is 9.47 Å². The van der Waals surface area contributed by atoms with E-state index in [1.807, 2.05) is 6.07 Å². The van der Waals surface area contributed by atoms with Gasteiger partial charge in [-0.1, -0.05) is 34.1 Å². The molecule has 0 bridgehead atoms. The fraction of sp³-hybridized carbons (Fsp3) is 0.375. The first-order valence-electron chi connectivity index (χ1n) is 10.8. The second kappa shape index (κ2) is 9.82. The number of methoxy groups -OCH3 is 2. The Morgan fingerprint density at radius 1 is 1.06 bits per heavy atom. The molecule has 9 heteroatoms. The van der Waals surface area contributed by atoms with Crippen LogP contribution in [0.4, 0.5) is 16.2 Å². The molecule has 1 saturated heterocycles. The average molecular weight is 516 g/mol. The van der Waals surface area contributed by atoms with Crippen molar-refractivity contribution in [2.45, 2.75) is 30.1 Å². The number of alkyl halides is 1. The van der Waals surface area contributed by atoms with Gasteiger partial charge in [0.15, 0.2) is 11.5 Å². The van der Waals surface area contributed by atoms with Gasteiger partial charge in [0, 0.05) is 22.6 Å². The van der Waals surface area contributed by atoms with E-state index in [1.54, 1.807) is 42.5 Å². The van der Waals surface area contributed by atoms with Gasteiger partial charge in [-0.15, -0.1) is 0 Å². The van der Waals surface area contributed by atoms with Crippen LogP contribution in [0.1, 0.15) is 19.3 Å². The summed E-state index contributed by atoms with van der Waals surface area (Å²) < 4.78 is 10.5. The van der Waals surface area contributed by atoms with E-state index in [0.29, 0.717) is 35.7 Å². The molecule has 8 nitrogen and oxygen atoms in total. The molecule has 2 aromatic rings. The highest BCUT2D eigenvalue weighted by atomic mass is 79.9. The molecule has 3 unspecified atom stereocenters. The van der Waals surface area contributed by atoms with Gasteiger partial charge in [-0.2, -0.15) is 0 Å². The Bertz CT molecular complexity index is 1050. The average Bonchev–Trinajstić information content (AvgIpc) is 2.82. The third-order valence-electron chi connectivity index (χ3n) is 6.12. The fourth-order valence-electron chi connectivity index (χ4n) is 4.54. The predicted octanol–water partition coefficient (Wildman–Crippen LogP) is 4.04. The topological polar surface area (TPSA) is 88.2 Å². The fourth-order valence-corrected chi connectivity index (χ4v) is 5.21. The molecule has 0 radical (unpaired) electrons. The van der Waals surface area contributed by atoms with Crippen LogP contribution in [0.3, 0.4) is 0 Å². The Morgan fingerprint density at radius 2 is 1.79 bits per heavy atom. The third kappa shape index (κ3) is 4.68. The van der Waals surface area contributed by atoms with Crippen molar-refractivity contribution in [3.63, 3.8) is 0 Å². The number of hydrogen-bond donors (Lipinski definition) is 1. The molecule has 4 rings (SSSR count). The van der Waals surface area contributed by atoms with Gasteiger partial charge in [-0.3, -0.25) is 9.59 Å². The number of urea groups is 1. The van der Waals surface area contributed by atoms with E-state index in [9.17, 15) is 14.4 Å². The molecular weight excluding hydrogens is 490 g/mol. The summed E-state index contributed by atoms with van der Waals surface area (Å²) in [5, 5.41) is 2.82. The maximum atomic E-state index is 13.4. The first-order valence-corrected chi connectivity index (χ1v) is 11.7. The maximum Gasteiger partial charge on any atom is 0.332 e. The number of nitrogens with zero attached hydrogens (tertiary/aromatic N) is 2. The van der Waals surface area contributed by atoms with Crippen molar-refractivity contribution in [2.24, 2.45) is 5.92 Å². The molecule has 2 aromatic carbocycles. The second-order valence-electron chi connectivity index (χ2n) is 8.12. The molecule has 0 spiro atoms. The van der Waals surface area contributed by atoms with E-state index < -0.39 is 6.03 Å². The Hall–Kier alpha value is -3.07. The van der Waals surface area contributed by atoms with E-state index in [1.165, 1.54) is 24.0 Å². The van der Waals surface area contributed by atoms with Crippen molar-refractivity contribution >= 4 is 45.2 Å². The number of ether oxygens (including phenoxy) is 2. The number of fused-ring (bicyclic) bond motifs is 1. The van der Waals surface area contributed by atoms with Gasteiger partial charge in [0.05, 0.1) is 25.8 Å². The number of anilines is 2. The summed E-state index contributed by atoms with van der Waals surface area (Å²) in [6, 6.07) is 13.1. The zero-order valence-corrected chi connectivity index (χ0v) is 20.1. The first-order chi connectivity index (χ1) is 15.9. The number of para-hydroxylation sites is 1. The van der Waals surface area contributed by atoms with E-state index in [-0.39, 0.29) is 35.1 Å². The predicted molar refractivity (Wildman–Crippen MR) is 128 cm³/mol. The molecule has 33 heavy (non-hydrogen) atoms. The Balaban J connectivity index is 1.57. The van der Waals surface area contributed by atoms with Gasteiger partial charge in [-0.05, 0) is 43.5 Å². The monoisotopic (exact) mass is 515 g/mol. The molecule has 1 N–H and O–H groups in total. The molecule has 2 fully saturated rings. The molecule has 1 aliphatic heterocycles. The number of rotatable bonds is 6. The molecule has 1 aliphatic carbocycles. The molecule has 4 amide bonds. The van der Waals surface area contributed by atoms with E-state index in [0.717, 1.165) is 6.42 Å². The molecule has 1 heterocycles. The van der Waals surface area contributed by atoms with Crippen LogP contribution in [0.5, 0.6) is 11.5 Å². The van der Waals surface area contributed by atoms with Crippen LogP contribution in [0.15, 0.2) is 48.5 Å². The quantitative estimate of drug-likeness (QED) is 0.586. The van der Waals surface area contributed by atoms with Crippen LogP contribution in [0.2, 0.25) is 0 Å². The van der Waals surface area contributed by atoms with Crippen LogP contribution >= 0.6 is 15.9 Å². The van der Waals surface area contributed by atoms with Gasteiger partial charge >= 0.3 is 6.03 Å². The van der Waals surface area contributed by atoms with Crippen molar-refractivity contribution in [3.05, 3.63) is 48.5 Å². The van der Waals surface area contributed by atoms with Crippen LogP contribution in [0, 0.1) is 5.92 Å². The number of halogens is 1. The minimum atomic E-state index is -0.470. The van der Waals surface area contributed by atoms with E-state index >= 15 is 0 Å². The number of nitrogens with one attached hydrogen (secondary N) is 1. The second-order valence-corrected chi connectivity index (χ2v) is 9.42. The van der Waals surface area contributed by atoms with Gasteiger partial charge < -0.3 is 19.7 Å². The summed E-state index contributed by atoms with van der Waals surface area (Å²) in [7, 11) is 3.06. The minimum Gasteiger partial charge on any atom is -0.493 e. The van der Waals surface area contributed by atoms with Crippen LogP contribution in [0.25, 0.3) is 0 Å². The van der Waals surface area contributed by atoms with E-state index in [2.05, 4.69) is 21.2 Å². The highest BCUT2D eigenvalue weighted by Crippen LogP contribution is 2.38. The normalized spacial score (nSPS) is 22.6. The van der Waals surface area contributed by atoms with Crippen molar-refractivity contribution < 1.29 is 23.9 Å². The highest BCUT2D eigenvalue weighted by Gasteiger charge is 2.49. The number of carbonyl (C=O) groups excluding carboxylic acids is 3. The lowest BCUT2D eigenvalue weighted by Gasteiger charge is -2.47. The Kier molecular flexibility index (Phi) is 6.88. The van der Waals surface area contributed by atoms with Crippen LogP contribution < -0.4 is 19.7 Å². The lowest BCUT2D eigenvalue weighted by atomic mass is 9.81. The lowest BCUT2D eigenvalue weighted by molar-refractivity contribution is -0.128. The van der Waals surface area contributed by atoms with Crippen molar-refractivity contribution in [2.75, 3.05) is 31.0 Å². The molecule has 0 aromatic heterocycles. The Labute approximate surface area is 201 Å². The number of imide groups is 1. The van der Waals surface area contributed by atoms with Crippen LogP contribution in [-0.4, -0.2) is 54.4 Å². The van der Waals surface area contributed by atoms with Crippen molar-refractivity contribution in [1.82, 2.24) is 4.90 Å². The zero-order valence-electron chi connectivity index (χ0n) is 18.5. The van der Waals surface area contributed by atoms with Gasteiger partial charge in [0.1, 0.15) is 6.54 Å². The zero-order chi connectivity index (χ0) is 23.5. The van der Waals surface area contributed by atoms with Gasteiger partial charge in [-0.25, -0.2) is 9.69 Å². The Morgan fingerprint density at radius 3 is 2.48 bits per heavy atom. The standard InChI is InChI=1S/C24H26BrN3O5/c1-32-20-11-9-16(13-21(20)33-2)26-22(29)14-27-19-10-8-15(25)12-18(19)23(30)28(24(27)31)17-6-4-3-5-7-17/h3-7,9,11,13,15,18-19H,8,10,12,14H2,1-2H3,(H,26,29). The summed E-state index contributed by atoms with van der Waals surface area (Å²) >= 11 is 3.63. The molecule has 1 saturated carbocycles. The van der Waals surface area contributed by atoms with Crippen LogP contribution in [-0.2, 0) is 9.59 Å². The van der Waals surface area contributed by atoms with Crippen molar-refractivity contribution in [1.29, 1.82) is 0 Å².